The SMILES string of the molecule is COC(=O)c1ccc(OC(C)=O)c(Br)c1. The van der Waals surface area contributed by atoms with E-state index in [0.29, 0.717) is 15.8 Å². The van der Waals surface area contributed by atoms with Gasteiger partial charge in [-0.15, -0.1) is 0 Å². The van der Waals surface area contributed by atoms with Crippen molar-refractivity contribution in [1.82, 2.24) is 0 Å². The van der Waals surface area contributed by atoms with E-state index in [0.717, 1.165) is 0 Å². The number of esters is 2. The minimum Gasteiger partial charge on any atom is -0.465 e. The van der Waals surface area contributed by atoms with Gasteiger partial charge in [0.05, 0.1) is 17.1 Å². The van der Waals surface area contributed by atoms with Crippen molar-refractivity contribution >= 4 is 27.9 Å². The summed E-state index contributed by atoms with van der Waals surface area (Å²) < 4.78 is 9.95. The molecule has 0 N–H and O–H groups in total. The predicted molar refractivity (Wildman–Crippen MR) is 56.8 cm³/mol. The summed E-state index contributed by atoms with van der Waals surface area (Å²) in [5.41, 5.74) is 0.389. The molecule has 1 rings (SSSR count). The van der Waals surface area contributed by atoms with Gasteiger partial charge in [0.1, 0.15) is 5.75 Å². The van der Waals surface area contributed by atoms with Gasteiger partial charge in [0.15, 0.2) is 0 Å². The maximum Gasteiger partial charge on any atom is 0.337 e. The molecule has 0 heterocycles. The number of carbonyl (C=O) groups is 2. The molecule has 0 amide bonds. The number of rotatable bonds is 2. The highest BCUT2D eigenvalue weighted by molar-refractivity contribution is 9.10. The molecule has 0 aromatic heterocycles. The molecule has 80 valence electrons. The highest BCUT2D eigenvalue weighted by Gasteiger charge is 2.09. The third-order valence-corrected chi connectivity index (χ3v) is 2.23. The maximum atomic E-state index is 11.1. The summed E-state index contributed by atoms with van der Waals surface area (Å²) in [5.74, 6) is -0.484. The fourth-order valence-electron chi connectivity index (χ4n) is 0.983. The first-order valence-corrected chi connectivity index (χ1v) is 4.90. The van der Waals surface area contributed by atoms with Crippen LogP contribution in [0.15, 0.2) is 22.7 Å². The predicted octanol–water partition coefficient (Wildman–Crippen LogP) is 2.16. The number of ether oxygens (including phenoxy) is 2. The summed E-state index contributed by atoms with van der Waals surface area (Å²) in [6.45, 7) is 1.31. The van der Waals surface area contributed by atoms with Crippen molar-refractivity contribution in [2.75, 3.05) is 7.11 Å². The number of methoxy groups -OCH3 is 1. The molecule has 0 spiro atoms. The monoisotopic (exact) mass is 272 g/mol. The first-order valence-electron chi connectivity index (χ1n) is 4.11. The summed E-state index contributed by atoms with van der Waals surface area (Å²) in [7, 11) is 1.30. The van der Waals surface area contributed by atoms with Gasteiger partial charge in [0, 0.05) is 6.92 Å². The molecule has 1 aromatic rings. The molecular weight excluding hydrogens is 264 g/mol. The lowest BCUT2D eigenvalue weighted by Gasteiger charge is -2.05. The standard InChI is InChI=1S/C10H9BrO4/c1-6(12)15-9-4-3-7(5-8(9)11)10(13)14-2/h3-5H,1-2H3. The zero-order valence-corrected chi connectivity index (χ0v) is 9.83. The minimum atomic E-state index is -0.440. The van der Waals surface area contributed by atoms with Crippen LogP contribution in [0.5, 0.6) is 5.75 Å². The summed E-state index contributed by atoms with van der Waals surface area (Å²) in [6.07, 6.45) is 0. The average Bonchev–Trinajstić information content (AvgIpc) is 2.19. The molecule has 0 aliphatic heterocycles. The minimum absolute atomic E-state index is 0.371. The van der Waals surface area contributed by atoms with Gasteiger partial charge in [0.25, 0.3) is 0 Å². The number of carbonyl (C=O) groups excluding carboxylic acids is 2. The number of hydrogen-bond acceptors (Lipinski definition) is 4. The fourth-order valence-corrected chi connectivity index (χ4v) is 1.44. The first-order chi connectivity index (χ1) is 7.04. The van der Waals surface area contributed by atoms with Crippen LogP contribution < -0.4 is 4.74 Å². The molecule has 0 saturated heterocycles. The van der Waals surface area contributed by atoms with Crippen LogP contribution in [0.4, 0.5) is 0 Å². The van der Waals surface area contributed by atoms with Crippen LogP contribution in [0.25, 0.3) is 0 Å². The summed E-state index contributed by atoms with van der Waals surface area (Å²) in [5, 5.41) is 0. The van der Waals surface area contributed by atoms with Gasteiger partial charge >= 0.3 is 11.9 Å². The van der Waals surface area contributed by atoms with Crippen molar-refractivity contribution in [3.8, 4) is 5.75 Å². The molecule has 0 atom stereocenters. The van der Waals surface area contributed by atoms with E-state index in [1.165, 1.54) is 32.2 Å². The number of hydrogen-bond donors (Lipinski definition) is 0. The third-order valence-electron chi connectivity index (χ3n) is 1.61. The van der Waals surface area contributed by atoms with E-state index in [1.807, 2.05) is 0 Å². The van der Waals surface area contributed by atoms with Crippen LogP contribution in [0.3, 0.4) is 0 Å². The third kappa shape index (κ3) is 3.06. The molecule has 0 radical (unpaired) electrons. The number of benzene rings is 1. The molecule has 1 aromatic carbocycles. The topological polar surface area (TPSA) is 52.6 Å². The Hall–Kier alpha value is -1.36. The first kappa shape index (κ1) is 11.7. The lowest BCUT2D eigenvalue weighted by Crippen LogP contribution is -2.04. The Labute approximate surface area is 95.3 Å². The second kappa shape index (κ2) is 4.93. The van der Waals surface area contributed by atoms with Gasteiger partial charge in [-0.25, -0.2) is 4.79 Å². The molecule has 0 fully saturated rings. The van der Waals surface area contributed by atoms with Crippen molar-refractivity contribution in [2.24, 2.45) is 0 Å². The largest absolute Gasteiger partial charge is 0.465 e. The molecule has 0 bridgehead atoms. The van der Waals surface area contributed by atoms with Gasteiger partial charge in [-0.05, 0) is 34.1 Å². The Balaban J connectivity index is 2.97. The Bertz CT molecular complexity index is 400. The maximum absolute atomic E-state index is 11.1. The zero-order valence-electron chi connectivity index (χ0n) is 8.24. The smallest absolute Gasteiger partial charge is 0.337 e. The quantitative estimate of drug-likeness (QED) is 0.612. The molecule has 0 aliphatic carbocycles. The summed E-state index contributed by atoms with van der Waals surface area (Å²) in [6, 6.07) is 4.58. The van der Waals surface area contributed by atoms with Gasteiger partial charge in [-0.3, -0.25) is 4.79 Å². The molecule has 15 heavy (non-hydrogen) atoms. The number of halogens is 1. The summed E-state index contributed by atoms with van der Waals surface area (Å²) >= 11 is 3.19. The second-order valence-corrected chi connectivity index (χ2v) is 3.58. The van der Waals surface area contributed by atoms with Crippen molar-refractivity contribution in [3.63, 3.8) is 0 Å². The highest BCUT2D eigenvalue weighted by Crippen LogP contribution is 2.26. The van der Waals surface area contributed by atoms with Gasteiger partial charge in [-0.1, -0.05) is 0 Å². The van der Waals surface area contributed by atoms with E-state index in [4.69, 9.17) is 4.74 Å². The Kier molecular flexibility index (Phi) is 3.85. The van der Waals surface area contributed by atoms with E-state index in [1.54, 1.807) is 0 Å². The van der Waals surface area contributed by atoms with Crippen LogP contribution in [0, 0.1) is 0 Å². The lowest BCUT2D eigenvalue weighted by atomic mass is 10.2. The van der Waals surface area contributed by atoms with Gasteiger partial charge in [0.2, 0.25) is 0 Å². The van der Waals surface area contributed by atoms with Crippen LogP contribution in [0.2, 0.25) is 0 Å². The van der Waals surface area contributed by atoms with E-state index in [-0.39, 0.29) is 0 Å². The Morgan fingerprint density at radius 2 is 2.00 bits per heavy atom. The van der Waals surface area contributed by atoms with Crippen LogP contribution in [-0.2, 0) is 9.53 Å². The normalized spacial score (nSPS) is 9.53. The van der Waals surface area contributed by atoms with Crippen LogP contribution in [0.1, 0.15) is 17.3 Å². The van der Waals surface area contributed by atoms with E-state index in [2.05, 4.69) is 20.7 Å². The molecule has 0 unspecified atom stereocenters. The average molecular weight is 273 g/mol. The molecule has 0 saturated carbocycles. The lowest BCUT2D eigenvalue weighted by molar-refractivity contribution is -0.131. The fraction of sp³-hybridized carbons (Fsp3) is 0.200. The van der Waals surface area contributed by atoms with Crippen molar-refractivity contribution < 1.29 is 19.1 Å². The van der Waals surface area contributed by atoms with Crippen molar-refractivity contribution in [3.05, 3.63) is 28.2 Å². The second-order valence-electron chi connectivity index (χ2n) is 2.73. The Morgan fingerprint density at radius 1 is 1.33 bits per heavy atom. The van der Waals surface area contributed by atoms with Crippen molar-refractivity contribution in [2.45, 2.75) is 6.92 Å². The summed E-state index contributed by atoms with van der Waals surface area (Å²) in [4.78, 5) is 21.9. The van der Waals surface area contributed by atoms with E-state index >= 15 is 0 Å². The molecule has 5 heteroatoms. The van der Waals surface area contributed by atoms with Gasteiger partial charge in [-0.2, -0.15) is 0 Å². The highest BCUT2D eigenvalue weighted by atomic mass is 79.9. The van der Waals surface area contributed by atoms with E-state index < -0.39 is 11.9 Å². The molecule has 0 aliphatic rings. The zero-order chi connectivity index (χ0) is 11.4. The van der Waals surface area contributed by atoms with Gasteiger partial charge < -0.3 is 9.47 Å². The molecular formula is C10H9BrO4. The molecule has 4 nitrogen and oxygen atoms in total. The van der Waals surface area contributed by atoms with Crippen LogP contribution in [-0.4, -0.2) is 19.0 Å². The van der Waals surface area contributed by atoms with E-state index in [9.17, 15) is 9.59 Å². The van der Waals surface area contributed by atoms with Crippen molar-refractivity contribution in [1.29, 1.82) is 0 Å². The Morgan fingerprint density at radius 3 is 2.47 bits per heavy atom. The van der Waals surface area contributed by atoms with Crippen LogP contribution >= 0.6 is 15.9 Å².